The van der Waals surface area contributed by atoms with Crippen molar-refractivity contribution in [1.82, 2.24) is 0 Å². The van der Waals surface area contributed by atoms with Gasteiger partial charge in [-0.2, -0.15) is 0 Å². The van der Waals surface area contributed by atoms with Crippen molar-refractivity contribution >= 4 is 12.4 Å². The van der Waals surface area contributed by atoms with Crippen molar-refractivity contribution in [3.63, 3.8) is 0 Å². The van der Waals surface area contributed by atoms with Crippen LogP contribution in [-0.4, -0.2) is 12.8 Å². The zero-order valence-corrected chi connectivity index (χ0v) is 7.66. The molecule has 68 valence electrons. The number of hydrogen-bond donors (Lipinski definition) is 1. The minimum absolute atomic E-state index is 0.537. The molecule has 0 amide bonds. The first-order chi connectivity index (χ1) is 6.27. The Morgan fingerprint density at radius 3 is 2.77 bits per heavy atom. The molecular formula is C11H13NO. The van der Waals surface area contributed by atoms with Crippen LogP contribution in [0.1, 0.15) is 21.5 Å². The number of aldehydes is 1. The van der Waals surface area contributed by atoms with Gasteiger partial charge in [0.2, 0.25) is 0 Å². The second kappa shape index (κ2) is 4.58. The minimum atomic E-state index is 0.537. The van der Waals surface area contributed by atoms with Crippen molar-refractivity contribution in [2.75, 3.05) is 6.54 Å². The molecule has 0 aromatic heterocycles. The van der Waals surface area contributed by atoms with Crippen LogP contribution in [0.5, 0.6) is 0 Å². The van der Waals surface area contributed by atoms with E-state index in [0.29, 0.717) is 12.1 Å². The highest BCUT2D eigenvalue weighted by Crippen LogP contribution is 2.11. The summed E-state index contributed by atoms with van der Waals surface area (Å²) < 4.78 is 0. The fourth-order valence-electron chi connectivity index (χ4n) is 1.15. The van der Waals surface area contributed by atoms with Crippen LogP contribution >= 0.6 is 0 Å². The molecule has 1 aromatic rings. The van der Waals surface area contributed by atoms with E-state index in [2.05, 4.69) is 0 Å². The van der Waals surface area contributed by atoms with Gasteiger partial charge in [0.1, 0.15) is 6.29 Å². The Bertz CT molecular complexity index is 329. The van der Waals surface area contributed by atoms with Gasteiger partial charge in [-0.25, -0.2) is 0 Å². The first-order valence-electron chi connectivity index (χ1n) is 4.20. The molecule has 0 unspecified atom stereocenters. The highest BCUT2D eigenvalue weighted by Gasteiger charge is 1.95. The van der Waals surface area contributed by atoms with Crippen LogP contribution in [0.2, 0.25) is 0 Å². The van der Waals surface area contributed by atoms with Gasteiger partial charge in [-0.05, 0) is 24.1 Å². The van der Waals surface area contributed by atoms with Crippen molar-refractivity contribution in [1.29, 1.82) is 0 Å². The lowest BCUT2D eigenvalue weighted by atomic mass is 10.1. The van der Waals surface area contributed by atoms with Gasteiger partial charge in [0.25, 0.3) is 0 Å². The van der Waals surface area contributed by atoms with E-state index in [1.165, 1.54) is 0 Å². The van der Waals surface area contributed by atoms with Crippen molar-refractivity contribution < 1.29 is 4.79 Å². The van der Waals surface area contributed by atoms with E-state index in [0.717, 1.165) is 17.4 Å². The predicted molar refractivity (Wildman–Crippen MR) is 54.7 cm³/mol. The first-order valence-corrected chi connectivity index (χ1v) is 4.20. The largest absolute Gasteiger partial charge is 0.327 e. The van der Waals surface area contributed by atoms with Crippen LogP contribution in [-0.2, 0) is 0 Å². The summed E-state index contributed by atoms with van der Waals surface area (Å²) in [6, 6.07) is 5.59. The van der Waals surface area contributed by atoms with Gasteiger partial charge in [-0.1, -0.05) is 24.3 Å². The third kappa shape index (κ3) is 2.53. The maximum absolute atomic E-state index is 10.4. The van der Waals surface area contributed by atoms with Crippen molar-refractivity contribution in [2.24, 2.45) is 5.73 Å². The SMILES string of the molecule is Cc1cc(C=O)ccc1C=CCN. The average molecular weight is 175 g/mol. The third-order valence-corrected chi connectivity index (χ3v) is 1.86. The first kappa shape index (κ1) is 9.68. The molecular weight excluding hydrogens is 162 g/mol. The predicted octanol–water partition coefficient (Wildman–Crippen LogP) is 1.78. The van der Waals surface area contributed by atoms with Gasteiger partial charge < -0.3 is 5.73 Å². The zero-order chi connectivity index (χ0) is 9.68. The van der Waals surface area contributed by atoms with Gasteiger partial charge in [0, 0.05) is 12.1 Å². The van der Waals surface area contributed by atoms with Crippen LogP contribution in [0.15, 0.2) is 24.3 Å². The van der Waals surface area contributed by atoms with E-state index in [4.69, 9.17) is 5.73 Å². The smallest absolute Gasteiger partial charge is 0.150 e. The molecule has 0 aliphatic rings. The van der Waals surface area contributed by atoms with Gasteiger partial charge >= 0.3 is 0 Å². The van der Waals surface area contributed by atoms with E-state index in [-0.39, 0.29) is 0 Å². The maximum atomic E-state index is 10.4. The lowest BCUT2D eigenvalue weighted by Gasteiger charge is -2.00. The summed E-state index contributed by atoms with van der Waals surface area (Å²) in [5.74, 6) is 0. The van der Waals surface area contributed by atoms with Crippen LogP contribution in [0, 0.1) is 6.92 Å². The topological polar surface area (TPSA) is 43.1 Å². The van der Waals surface area contributed by atoms with Gasteiger partial charge in [0.15, 0.2) is 0 Å². The Morgan fingerprint density at radius 2 is 2.23 bits per heavy atom. The number of rotatable bonds is 3. The highest BCUT2D eigenvalue weighted by molar-refractivity contribution is 5.76. The number of carbonyl (C=O) groups excluding carboxylic acids is 1. The summed E-state index contributed by atoms with van der Waals surface area (Å²) >= 11 is 0. The van der Waals surface area contributed by atoms with Crippen LogP contribution in [0.4, 0.5) is 0 Å². The lowest BCUT2D eigenvalue weighted by molar-refractivity contribution is 0.112. The fraction of sp³-hybridized carbons (Fsp3) is 0.182. The Hall–Kier alpha value is -1.41. The molecule has 0 aliphatic carbocycles. The summed E-state index contributed by atoms with van der Waals surface area (Å²) in [5, 5.41) is 0. The van der Waals surface area contributed by atoms with E-state index < -0.39 is 0 Å². The van der Waals surface area contributed by atoms with Crippen LogP contribution < -0.4 is 5.73 Å². The standard InChI is InChI=1S/C11H13NO/c1-9-7-10(8-13)4-5-11(9)3-2-6-12/h2-5,7-8H,6,12H2,1H3. The average Bonchev–Trinajstić information content (AvgIpc) is 2.16. The number of carbonyl (C=O) groups is 1. The quantitative estimate of drug-likeness (QED) is 0.711. The number of nitrogens with two attached hydrogens (primary N) is 1. The third-order valence-electron chi connectivity index (χ3n) is 1.86. The molecule has 2 N–H and O–H groups in total. The molecule has 1 rings (SSSR count). The second-order valence-electron chi connectivity index (χ2n) is 2.87. The molecule has 0 spiro atoms. The number of aryl methyl sites for hydroxylation is 1. The van der Waals surface area contributed by atoms with Crippen molar-refractivity contribution in [3.8, 4) is 0 Å². The van der Waals surface area contributed by atoms with Gasteiger partial charge in [-0.15, -0.1) is 0 Å². The van der Waals surface area contributed by atoms with Crippen LogP contribution in [0.3, 0.4) is 0 Å². The monoisotopic (exact) mass is 175 g/mol. The molecule has 0 aliphatic heterocycles. The summed E-state index contributed by atoms with van der Waals surface area (Å²) in [6.07, 6.45) is 4.70. The van der Waals surface area contributed by atoms with Gasteiger partial charge in [-0.3, -0.25) is 4.79 Å². The molecule has 2 heteroatoms. The summed E-state index contributed by atoms with van der Waals surface area (Å²) in [6.45, 7) is 2.51. The number of hydrogen-bond acceptors (Lipinski definition) is 2. The molecule has 0 saturated carbocycles. The fourth-order valence-corrected chi connectivity index (χ4v) is 1.15. The number of benzene rings is 1. The molecule has 0 heterocycles. The van der Waals surface area contributed by atoms with Crippen molar-refractivity contribution in [3.05, 3.63) is 41.0 Å². The minimum Gasteiger partial charge on any atom is -0.327 e. The van der Waals surface area contributed by atoms with E-state index in [9.17, 15) is 4.79 Å². The molecule has 0 radical (unpaired) electrons. The van der Waals surface area contributed by atoms with E-state index in [1.54, 1.807) is 6.07 Å². The summed E-state index contributed by atoms with van der Waals surface area (Å²) in [4.78, 5) is 10.4. The Balaban J connectivity index is 2.98. The second-order valence-corrected chi connectivity index (χ2v) is 2.87. The molecule has 0 saturated heterocycles. The normalized spacial score (nSPS) is 10.6. The Morgan fingerprint density at radius 1 is 1.46 bits per heavy atom. The van der Waals surface area contributed by atoms with Gasteiger partial charge in [0.05, 0.1) is 0 Å². The molecule has 0 fully saturated rings. The molecule has 1 aromatic carbocycles. The molecule has 0 bridgehead atoms. The van der Waals surface area contributed by atoms with E-state index >= 15 is 0 Å². The van der Waals surface area contributed by atoms with E-state index in [1.807, 2.05) is 31.2 Å². The van der Waals surface area contributed by atoms with Crippen molar-refractivity contribution in [2.45, 2.75) is 6.92 Å². The maximum Gasteiger partial charge on any atom is 0.150 e. The zero-order valence-electron chi connectivity index (χ0n) is 7.66. The van der Waals surface area contributed by atoms with Crippen LogP contribution in [0.25, 0.3) is 6.08 Å². The summed E-state index contributed by atoms with van der Waals surface area (Å²) in [5.41, 5.74) is 8.25. The Labute approximate surface area is 78.1 Å². The Kier molecular flexibility index (Phi) is 3.41. The molecule has 2 nitrogen and oxygen atoms in total. The summed E-state index contributed by atoms with van der Waals surface area (Å²) in [7, 11) is 0. The lowest BCUT2D eigenvalue weighted by Crippen LogP contribution is -1.92. The highest BCUT2D eigenvalue weighted by atomic mass is 16.1. The molecule has 0 atom stereocenters. The molecule has 13 heavy (non-hydrogen) atoms.